The van der Waals surface area contributed by atoms with Crippen molar-refractivity contribution in [2.24, 2.45) is 0 Å². The number of hydrogen-bond acceptors (Lipinski definition) is 2. The zero-order valence-corrected chi connectivity index (χ0v) is 7.50. The Balaban J connectivity index is 2.46. The van der Waals surface area contributed by atoms with Crippen LogP contribution in [0.3, 0.4) is 0 Å². The Labute approximate surface area is 83.8 Å². The Kier molecular flexibility index (Phi) is 2.29. The van der Waals surface area contributed by atoms with Gasteiger partial charge in [-0.15, -0.1) is 0 Å². The minimum Gasteiger partial charge on any atom is -0.342 e. The van der Waals surface area contributed by atoms with Gasteiger partial charge in [0.1, 0.15) is 11.6 Å². The van der Waals surface area contributed by atoms with Gasteiger partial charge in [0, 0.05) is 12.4 Å². The highest BCUT2D eigenvalue weighted by atomic mass is 19.1. The van der Waals surface area contributed by atoms with Crippen LogP contribution < -0.4 is 0 Å². The number of nitrogens with one attached hydrogen (secondary N) is 1. The largest absolute Gasteiger partial charge is 0.342 e. The lowest BCUT2D eigenvalue weighted by atomic mass is 10.1. The van der Waals surface area contributed by atoms with Gasteiger partial charge in [-0.1, -0.05) is 0 Å². The average Bonchev–Trinajstić information content (AvgIpc) is 2.74. The van der Waals surface area contributed by atoms with E-state index in [0.717, 1.165) is 18.2 Å². The topological polar surface area (TPSA) is 45.8 Å². The zero-order chi connectivity index (χ0) is 10.8. The van der Waals surface area contributed by atoms with E-state index in [1.165, 1.54) is 12.4 Å². The Morgan fingerprint density at radius 2 is 2.13 bits per heavy atom. The Morgan fingerprint density at radius 1 is 1.33 bits per heavy atom. The average molecular weight is 208 g/mol. The van der Waals surface area contributed by atoms with Crippen molar-refractivity contribution in [3.05, 3.63) is 53.6 Å². The number of hydrogen-bond donors (Lipinski definition) is 1. The minimum atomic E-state index is -0.766. The number of carbonyl (C=O) groups is 1. The number of nitrogens with zero attached hydrogens (tertiary/aromatic N) is 1. The Bertz CT molecular complexity index is 494. The Hall–Kier alpha value is -2.04. The third-order valence-corrected chi connectivity index (χ3v) is 1.89. The maximum absolute atomic E-state index is 13.2. The molecule has 0 amide bonds. The molecule has 0 radical (unpaired) electrons. The van der Waals surface area contributed by atoms with Crippen LogP contribution in [0.4, 0.5) is 8.78 Å². The number of aromatic nitrogens is 2. The van der Waals surface area contributed by atoms with Crippen LogP contribution in [-0.2, 0) is 0 Å². The molecular weight excluding hydrogens is 202 g/mol. The lowest BCUT2D eigenvalue weighted by molar-refractivity contribution is 0.102. The molecule has 0 unspecified atom stereocenters. The second-order valence-electron chi connectivity index (χ2n) is 2.89. The molecule has 0 aliphatic heterocycles. The summed E-state index contributed by atoms with van der Waals surface area (Å²) in [7, 11) is 0. The molecule has 2 rings (SSSR count). The maximum Gasteiger partial charge on any atom is 0.231 e. The van der Waals surface area contributed by atoms with E-state index in [4.69, 9.17) is 0 Å². The highest BCUT2D eigenvalue weighted by Gasteiger charge is 2.16. The lowest BCUT2D eigenvalue weighted by Gasteiger charge is -1.99. The van der Waals surface area contributed by atoms with Gasteiger partial charge in [0.15, 0.2) is 5.82 Å². The van der Waals surface area contributed by atoms with E-state index >= 15 is 0 Å². The van der Waals surface area contributed by atoms with Crippen LogP contribution in [-0.4, -0.2) is 15.8 Å². The highest BCUT2D eigenvalue weighted by Crippen LogP contribution is 2.12. The number of halogens is 2. The van der Waals surface area contributed by atoms with E-state index in [9.17, 15) is 13.6 Å². The summed E-state index contributed by atoms with van der Waals surface area (Å²) in [6.07, 6.45) is 2.80. The summed E-state index contributed by atoms with van der Waals surface area (Å²) >= 11 is 0. The third kappa shape index (κ3) is 1.76. The van der Waals surface area contributed by atoms with Crippen molar-refractivity contribution in [2.45, 2.75) is 0 Å². The molecule has 5 heteroatoms. The highest BCUT2D eigenvalue weighted by molar-refractivity contribution is 6.06. The first kappa shape index (κ1) is 9.51. The molecule has 0 spiro atoms. The third-order valence-electron chi connectivity index (χ3n) is 1.89. The van der Waals surface area contributed by atoms with E-state index in [-0.39, 0.29) is 11.4 Å². The predicted octanol–water partition coefficient (Wildman–Crippen LogP) is 1.92. The summed E-state index contributed by atoms with van der Waals surface area (Å²) in [6, 6.07) is 2.71. The summed E-state index contributed by atoms with van der Waals surface area (Å²) in [4.78, 5) is 17.8. The first-order chi connectivity index (χ1) is 7.18. The molecular formula is C10H6F2N2O. The van der Waals surface area contributed by atoms with Crippen molar-refractivity contribution < 1.29 is 13.6 Å². The van der Waals surface area contributed by atoms with Gasteiger partial charge in [0.2, 0.25) is 5.78 Å². The van der Waals surface area contributed by atoms with Crippen LogP contribution in [0, 0.1) is 11.6 Å². The van der Waals surface area contributed by atoms with E-state index in [1.54, 1.807) is 0 Å². The predicted molar refractivity (Wildman–Crippen MR) is 48.4 cm³/mol. The van der Waals surface area contributed by atoms with Gasteiger partial charge in [-0.2, -0.15) is 0 Å². The van der Waals surface area contributed by atoms with Crippen LogP contribution in [0.15, 0.2) is 30.6 Å². The Morgan fingerprint density at radius 3 is 2.80 bits per heavy atom. The number of H-pyrrole nitrogens is 1. The van der Waals surface area contributed by atoms with Crippen LogP contribution in [0.1, 0.15) is 16.2 Å². The fourth-order valence-corrected chi connectivity index (χ4v) is 1.19. The molecule has 0 aliphatic carbocycles. The lowest BCUT2D eigenvalue weighted by Crippen LogP contribution is -2.06. The van der Waals surface area contributed by atoms with E-state index in [1.807, 2.05) is 0 Å². The van der Waals surface area contributed by atoms with Crippen LogP contribution in [0.5, 0.6) is 0 Å². The van der Waals surface area contributed by atoms with Gasteiger partial charge in [-0.3, -0.25) is 4.79 Å². The van der Waals surface area contributed by atoms with Crippen LogP contribution in [0.25, 0.3) is 0 Å². The van der Waals surface area contributed by atoms with Gasteiger partial charge in [0.25, 0.3) is 0 Å². The monoisotopic (exact) mass is 208 g/mol. The summed E-state index contributed by atoms with van der Waals surface area (Å²) in [5.41, 5.74) is -0.329. The van der Waals surface area contributed by atoms with Gasteiger partial charge in [-0.05, 0) is 18.2 Å². The van der Waals surface area contributed by atoms with Gasteiger partial charge >= 0.3 is 0 Å². The normalized spacial score (nSPS) is 10.3. The number of imidazole rings is 1. The molecule has 0 fully saturated rings. The summed E-state index contributed by atoms with van der Waals surface area (Å²) in [6.45, 7) is 0. The summed E-state index contributed by atoms with van der Waals surface area (Å²) < 4.78 is 26.0. The quantitative estimate of drug-likeness (QED) is 0.766. The van der Waals surface area contributed by atoms with Crippen molar-refractivity contribution in [3.63, 3.8) is 0 Å². The fraction of sp³-hybridized carbons (Fsp3) is 0. The number of benzene rings is 1. The van der Waals surface area contributed by atoms with Gasteiger partial charge < -0.3 is 4.98 Å². The molecule has 0 saturated heterocycles. The maximum atomic E-state index is 13.2. The fourth-order valence-electron chi connectivity index (χ4n) is 1.19. The van der Waals surface area contributed by atoms with Crippen molar-refractivity contribution in [1.29, 1.82) is 0 Å². The molecule has 2 aromatic rings. The molecule has 1 aromatic heterocycles. The molecule has 1 aromatic carbocycles. The van der Waals surface area contributed by atoms with Crippen LogP contribution in [0.2, 0.25) is 0 Å². The van der Waals surface area contributed by atoms with Crippen molar-refractivity contribution in [2.75, 3.05) is 0 Å². The SMILES string of the molecule is O=C(c1ncc[nH]1)c1cc(F)ccc1F. The van der Waals surface area contributed by atoms with Gasteiger partial charge in [-0.25, -0.2) is 13.8 Å². The molecule has 0 saturated carbocycles. The molecule has 1 heterocycles. The minimum absolute atomic E-state index is 0.0144. The summed E-state index contributed by atoms with van der Waals surface area (Å²) in [5, 5.41) is 0. The number of rotatable bonds is 2. The van der Waals surface area contributed by atoms with Crippen molar-refractivity contribution in [1.82, 2.24) is 9.97 Å². The van der Waals surface area contributed by atoms with E-state index in [2.05, 4.69) is 9.97 Å². The second-order valence-corrected chi connectivity index (χ2v) is 2.89. The summed E-state index contributed by atoms with van der Waals surface area (Å²) in [5.74, 6) is -2.11. The first-order valence-corrected chi connectivity index (χ1v) is 4.17. The molecule has 1 N–H and O–H groups in total. The van der Waals surface area contributed by atoms with Crippen molar-refractivity contribution in [3.8, 4) is 0 Å². The standard InChI is InChI=1S/C10H6F2N2O/c11-6-1-2-8(12)7(5-6)9(15)10-13-3-4-14-10/h1-5H,(H,13,14). The van der Waals surface area contributed by atoms with Crippen LogP contribution >= 0.6 is 0 Å². The molecule has 0 aliphatic rings. The number of carbonyl (C=O) groups excluding carboxylic acids is 1. The van der Waals surface area contributed by atoms with E-state index < -0.39 is 17.4 Å². The number of ketones is 1. The number of aromatic amines is 1. The molecule has 0 atom stereocenters. The van der Waals surface area contributed by atoms with Crippen molar-refractivity contribution >= 4 is 5.78 Å². The smallest absolute Gasteiger partial charge is 0.231 e. The molecule has 76 valence electrons. The molecule has 3 nitrogen and oxygen atoms in total. The van der Waals surface area contributed by atoms with Gasteiger partial charge in [0.05, 0.1) is 5.56 Å². The second kappa shape index (κ2) is 3.61. The molecule has 15 heavy (non-hydrogen) atoms. The molecule has 0 bridgehead atoms. The van der Waals surface area contributed by atoms with E-state index in [0.29, 0.717) is 0 Å². The zero-order valence-electron chi connectivity index (χ0n) is 7.50. The first-order valence-electron chi connectivity index (χ1n) is 4.17.